The molecule has 1 saturated heterocycles. The van der Waals surface area contributed by atoms with E-state index in [4.69, 9.17) is 9.57 Å². The summed E-state index contributed by atoms with van der Waals surface area (Å²) in [6.45, 7) is 2.64. The van der Waals surface area contributed by atoms with Gasteiger partial charge in [-0.05, 0) is 32.3 Å². The van der Waals surface area contributed by atoms with Crippen LogP contribution in [0.1, 0.15) is 42.4 Å². The lowest BCUT2D eigenvalue weighted by molar-refractivity contribution is -0.157. The van der Waals surface area contributed by atoms with E-state index in [0.29, 0.717) is 29.9 Å². The zero-order valence-electron chi connectivity index (χ0n) is 21.7. The number of carbonyl (C=O) groups excluding carboxylic acids is 3. The highest BCUT2D eigenvalue weighted by molar-refractivity contribution is 5.96. The predicted octanol–water partition coefficient (Wildman–Crippen LogP) is 1.26. The number of amides is 2. The number of benzene rings is 1. The molecule has 0 bridgehead atoms. The number of hydrogen-bond donors (Lipinski definition) is 3. The first-order chi connectivity index (χ1) is 18.8. The molecule has 1 aliphatic heterocycles. The third-order valence-corrected chi connectivity index (χ3v) is 5.90. The van der Waals surface area contributed by atoms with Crippen LogP contribution in [0.25, 0.3) is 11.4 Å². The normalized spacial score (nSPS) is 14.4. The number of carbonyl (C=O) groups is 4. The third kappa shape index (κ3) is 9.00. The standard InChI is InChI=1S/C26H33N5O8/c1-2-38-26(37)39-31-14-12-30(13-15-31)25(36)20(10-11-22(33)34)29-24(35)21-17-19(9-6-16-32)27-23(28-21)18-7-4-3-5-8-18/h3-5,7-8,17,20,32H,2,6,9-16H2,1H3,(H,29,35)(H,33,34)/t20-/m0/s1. The van der Waals surface area contributed by atoms with E-state index >= 15 is 0 Å². The van der Waals surface area contributed by atoms with Gasteiger partial charge in [0.25, 0.3) is 5.91 Å². The summed E-state index contributed by atoms with van der Waals surface area (Å²) in [7, 11) is 0. The van der Waals surface area contributed by atoms with Gasteiger partial charge in [-0.3, -0.25) is 14.4 Å². The number of carboxylic acids is 1. The number of piperazine rings is 1. The Morgan fingerprint density at radius 3 is 2.44 bits per heavy atom. The average Bonchev–Trinajstić information content (AvgIpc) is 2.94. The van der Waals surface area contributed by atoms with Crippen molar-refractivity contribution < 1.29 is 39.0 Å². The largest absolute Gasteiger partial charge is 0.527 e. The Morgan fingerprint density at radius 1 is 1.08 bits per heavy atom. The molecule has 210 valence electrons. The first-order valence-corrected chi connectivity index (χ1v) is 12.8. The van der Waals surface area contributed by atoms with E-state index in [1.807, 2.05) is 18.2 Å². The summed E-state index contributed by atoms with van der Waals surface area (Å²) in [6.07, 6.45) is -0.421. The number of aromatic nitrogens is 2. The van der Waals surface area contributed by atoms with Crippen LogP contribution in [0.5, 0.6) is 0 Å². The maximum Gasteiger partial charge on any atom is 0.527 e. The zero-order chi connectivity index (χ0) is 28.2. The third-order valence-electron chi connectivity index (χ3n) is 5.90. The molecule has 13 nitrogen and oxygen atoms in total. The smallest absolute Gasteiger partial charge is 0.481 e. The zero-order valence-corrected chi connectivity index (χ0v) is 21.7. The van der Waals surface area contributed by atoms with Gasteiger partial charge in [0.2, 0.25) is 5.91 Å². The monoisotopic (exact) mass is 543 g/mol. The number of aliphatic carboxylic acids is 1. The minimum absolute atomic E-state index is 0.0255. The van der Waals surface area contributed by atoms with Crippen molar-refractivity contribution in [3.63, 3.8) is 0 Å². The van der Waals surface area contributed by atoms with E-state index in [2.05, 4.69) is 15.3 Å². The minimum atomic E-state index is -1.11. The maximum atomic E-state index is 13.3. The number of hydroxylamine groups is 2. The Morgan fingerprint density at radius 2 is 1.79 bits per heavy atom. The molecule has 0 spiro atoms. The number of carboxylic acid groups (broad SMARTS) is 1. The quantitative estimate of drug-likeness (QED) is 0.329. The fourth-order valence-corrected chi connectivity index (χ4v) is 3.95. The van der Waals surface area contributed by atoms with Crippen molar-refractivity contribution in [1.82, 2.24) is 25.2 Å². The lowest BCUT2D eigenvalue weighted by Gasteiger charge is -2.35. The summed E-state index contributed by atoms with van der Waals surface area (Å²) in [4.78, 5) is 64.8. The van der Waals surface area contributed by atoms with Crippen LogP contribution in [0.2, 0.25) is 0 Å². The SMILES string of the molecule is CCOC(=O)ON1CCN(C(=O)[C@H](CCC(=O)O)NC(=O)c2cc(CCCO)nc(-c3ccccc3)n2)CC1. The molecule has 2 aromatic rings. The lowest BCUT2D eigenvalue weighted by atomic mass is 10.1. The van der Waals surface area contributed by atoms with Crippen molar-refractivity contribution in [1.29, 1.82) is 0 Å². The molecule has 0 radical (unpaired) electrons. The van der Waals surface area contributed by atoms with Crippen LogP contribution in [-0.4, -0.2) is 99.5 Å². The van der Waals surface area contributed by atoms with Gasteiger partial charge in [0, 0.05) is 37.4 Å². The first-order valence-electron chi connectivity index (χ1n) is 12.8. The van der Waals surface area contributed by atoms with E-state index in [1.165, 1.54) is 16.0 Å². The van der Waals surface area contributed by atoms with Crippen molar-refractivity contribution in [3.8, 4) is 11.4 Å². The van der Waals surface area contributed by atoms with Crippen LogP contribution >= 0.6 is 0 Å². The number of ether oxygens (including phenoxy) is 1. The molecule has 1 atom stereocenters. The average molecular weight is 544 g/mol. The highest BCUT2D eigenvalue weighted by Crippen LogP contribution is 2.17. The molecule has 1 aromatic carbocycles. The van der Waals surface area contributed by atoms with Crippen LogP contribution in [0, 0.1) is 0 Å². The summed E-state index contributed by atoms with van der Waals surface area (Å²) in [5.41, 5.74) is 1.27. The van der Waals surface area contributed by atoms with Gasteiger partial charge in [0.05, 0.1) is 19.7 Å². The Balaban J connectivity index is 1.75. The molecule has 1 fully saturated rings. The van der Waals surface area contributed by atoms with Gasteiger partial charge < -0.3 is 30.0 Å². The van der Waals surface area contributed by atoms with E-state index in [-0.39, 0.29) is 57.9 Å². The topological polar surface area (TPSA) is 171 Å². The number of aliphatic hydroxyl groups excluding tert-OH is 1. The number of hydrogen-bond acceptors (Lipinski definition) is 10. The molecule has 2 amide bonds. The summed E-state index contributed by atoms with van der Waals surface area (Å²) in [5.74, 6) is -1.87. The van der Waals surface area contributed by atoms with Crippen LogP contribution in [0.3, 0.4) is 0 Å². The predicted molar refractivity (Wildman–Crippen MR) is 137 cm³/mol. The molecule has 39 heavy (non-hydrogen) atoms. The van der Waals surface area contributed by atoms with Crippen molar-refractivity contribution in [2.45, 2.75) is 38.6 Å². The van der Waals surface area contributed by atoms with E-state index in [9.17, 15) is 29.4 Å². The summed E-state index contributed by atoms with van der Waals surface area (Å²) >= 11 is 0. The van der Waals surface area contributed by atoms with E-state index in [1.54, 1.807) is 19.1 Å². The van der Waals surface area contributed by atoms with Gasteiger partial charge in [-0.1, -0.05) is 30.3 Å². The number of rotatable bonds is 12. The second kappa shape index (κ2) is 14.7. The van der Waals surface area contributed by atoms with Crippen molar-refractivity contribution in [3.05, 3.63) is 47.8 Å². The highest BCUT2D eigenvalue weighted by Gasteiger charge is 2.31. The molecule has 1 aliphatic rings. The second-order valence-corrected chi connectivity index (χ2v) is 8.75. The highest BCUT2D eigenvalue weighted by atomic mass is 16.8. The molecule has 0 aliphatic carbocycles. The van der Waals surface area contributed by atoms with Crippen LogP contribution in [0.4, 0.5) is 4.79 Å². The molecular formula is C26H33N5O8. The van der Waals surface area contributed by atoms with Crippen molar-refractivity contribution >= 4 is 23.9 Å². The molecule has 0 saturated carbocycles. The van der Waals surface area contributed by atoms with Crippen LogP contribution in [0.15, 0.2) is 36.4 Å². The van der Waals surface area contributed by atoms with Gasteiger partial charge in [0.15, 0.2) is 5.82 Å². The van der Waals surface area contributed by atoms with Crippen molar-refractivity contribution in [2.75, 3.05) is 39.4 Å². The van der Waals surface area contributed by atoms with E-state index in [0.717, 1.165) is 0 Å². The van der Waals surface area contributed by atoms with Gasteiger partial charge in [-0.15, -0.1) is 5.06 Å². The number of nitrogens with zero attached hydrogens (tertiary/aromatic N) is 4. The molecule has 3 rings (SSSR count). The van der Waals surface area contributed by atoms with Crippen molar-refractivity contribution in [2.24, 2.45) is 0 Å². The molecule has 1 aromatic heterocycles. The Labute approximate surface area is 225 Å². The number of nitrogens with one attached hydrogen (secondary N) is 1. The maximum absolute atomic E-state index is 13.3. The Kier molecular flexibility index (Phi) is 11.1. The molecular weight excluding hydrogens is 510 g/mol. The minimum Gasteiger partial charge on any atom is -0.481 e. The first kappa shape index (κ1) is 29.5. The van der Waals surface area contributed by atoms with Gasteiger partial charge in [-0.25, -0.2) is 14.8 Å². The van der Waals surface area contributed by atoms with E-state index < -0.39 is 30.0 Å². The Bertz CT molecular complexity index is 1140. The summed E-state index contributed by atoms with van der Waals surface area (Å²) < 4.78 is 4.75. The summed E-state index contributed by atoms with van der Waals surface area (Å²) in [5, 5.41) is 22.5. The summed E-state index contributed by atoms with van der Waals surface area (Å²) in [6, 6.07) is 9.47. The van der Waals surface area contributed by atoms with Crippen LogP contribution in [-0.2, 0) is 25.6 Å². The van der Waals surface area contributed by atoms with Gasteiger partial charge in [-0.2, -0.15) is 0 Å². The number of aryl methyl sites for hydroxylation is 1. The second-order valence-electron chi connectivity index (χ2n) is 8.75. The molecule has 13 heteroatoms. The van der Waals surface area contributed by atoms with Gasteiger partial charge >= 0.3 is 12.1 Å². The van der Waals surface area contributed by atoms with Crippen LogP contribution < -0.4 is 5.32 Å². The molecule has 3 N–H and O–H groups in total. The number of aliphatic hydroxyl groups is 1. The lowest BCUT2D eigenvalue weighted by Crippen LogP contribution is -2.55. The van der Waals surface area contributed by atoms with Gasteiger partial charge in [0.1, 0.15) is 11.7 Å². The molecule has 0 unspecified atom stereocenters. The molecule has 2 heterocycles. The fraction of sp³-hybridized carbons (Fsp3) is 0.462. The fourth-order valence-electron chi connectivity index (χ4n) is 3.95. The Hall–Kier alpha value is -4.10.